The first kappa shape index (κ1) is 9.43. The van der Waals surface area contributed by atoms with Crippen LogP contribution < -0.4 is 0 Å². The number of aromatic nitrogens is 3. The number of aromatic amines is 1. The Morgan fingerprint density at radius 2 is 2.36 bits per heavy atom. The van der Waals surface area contributed by atoms with E-state index in [0.717, 1.165) is 16.6 Å². The molecule has 0 fully saturated rings. The lowest BCUT2D eigenvalue weighted by molar-refractivity contribution is 0.135. The summed E-state index contributed by atoms with van der Waals surface area (Å²) in [6.45, 7) is 3.16. The van der Waals surface area contributed by atoms with Crippen LogP contribution in [0.15, 0.2) is 12.5 Å². The van der Waals surface area contributed by atoms with E-state index in [2.05, 4.69) is 15.0 Å². The van der Waals surface area contributed by atoms with E-state index >= 15 is 0 Å². The molecule has 0 saturated heterocycles. The highest BCUT2D eigenvalue weighted by atomic mass is 35.5. The lowest BCUT2D eigenvalue weighted by Gasteiger charge is -1.99. The summed E-state index contributed by atoms with van der Waals surface area (Å²) in [5, 5.41) is 1.31. The van der Waals surface area contributed by atoms with Crippen LogP contribution in [0, 0.1) is 0 Å². The zero-order valence-electron chi connectivity index (χ0n) is 7.75. The Labute approximate surface area is 86.3 Å². The summed E-state index contributed by atoms with van der Waals surface area (Å²) >= 11 is 5.96. The number of nitrogens with one attached hydrogen (secondary N) is 1. The van der Waals surface area contributed by atoms with Gasteiger partial charge in [-0.3, -0.25) is 0 Å². The Kier molecular flexibility index (Phi) is 2.65. The van der Waals surface area contributed by atoms with Crippen LogP contribution in [-0.4, -0.2) is 21.6 Å². The van der Waals surface area contributed by atoms with Crippen molar-refractivity contribution in [1.29, 1.82) is 0 Å². The molecule has 2 heterocycles. The van der Waals surface area contributed by atoms with Crippen molar-refractivity contribution in [3.05, 3.63) is 23.2 Å². The van der Waals surface area contributed by atoms with Crippen molar-refractivity contribution in [3.8, 4) is 0 Å². The van der Waals surface area contributed by atoms with Gasteiger partial charge in [-0.2, -0.15) is 0 Å². The molecule has 0 aliphatic heterocycles. The molecule has 2 aromatic heterocycles. The average Bonchev–Trinajstić information content (AvgIpc) is 2.59. The number of hydrogen-bond acceptors (Lipinski definition) is 3. The molecule has 0 radical (unpaired) electrons. The molecule has 0 bridgehead atoms. The van der Waals surface area contributed by atoms with Gasteiger partial charge in [0.25, 0.3) is 0 Å². The lowest BCUT2D eigenvalue weighted by Crippen LogP contribution is -1.91. The van der Waals surface area contributed by atoms with Crippen molar-refractivity contribution >= 4 is 22.6 Å². The van der Waals surface area contributed by atoms with Crippen molar-refractivity contribution in [2.75, 3.05) is 6.61 Å². The van der Waals surface area contributed by atoms with Crippen molar-refractivity contribution in [2.24, 2.45) is 0 Å². The van der Waals surface area contributed by atoms with Crippen molar-refractivity contribution < 1.29 is 4.74 Å². The second-order valence-electron chi connectivity index (χ2n) is 2.84. The van der Waals surface area contributed by atoms with Crippen LogP contribution in [0.5, 0.6) is 0 Å². The molecule has 0 saturated carbocycles. The third-order valence-corrected chi connectivity index (χ3v) is 2.25. The first-order valence-electron chi connectivity index (χ1n) is 4.37. The minimum atomic E-state index is 0.464. The average molecular weight is 212 g/mol. The van der Waals surface area contributed by atoms with Crippen LogP contribution in [0.1, 0.15) is 12.5 Å². The van der Waals surface area contributed by atoms with Gasteiger partial charge >= 0.3 is 0 Å². The third kappa shape index (κ3) is 1.58. The topological polar surface area (TPSA) is 50.8 Å². The van der Waals surface area contributed by atoms with Gasteiger partial charge in [0.1, 0.15) is 17.1 Å². The monoisotopic (exact) mass is 211 g/mol. The van der Waals surface area contributed by atoms with Gasteiger partial charge < -0.3 is 9.72 Å². The van der Waals surface area contributed by atoms with E-state index in [1.807, 2.05) is 13.1 Å². The van der Waals surface area contributed by atoms with E-state index < -0.39 is 0 Å². The summed E-state index contributed by atoms with van der Waals surface area (Å²) in [6, 6.07) is 0. The first-order chi connectivity index (χ1) is 6.83. The molecule has 14 heavy (non-hydrogen) atoms. The molecule has 74 valence electrons. The quantitative estimate of drug-likeness (QED) is 0.792. The lowest BCUT2D eigenvalue weighted by atomic mass is 10.2. The number of hydrogen-bond donors (Lipinski definition) is 1. The second-order valence-corrected chi connectivity index (χ2v) is 3.20. The van der Waals surface area contributed by atoms with E-state index in [1.54, 1.807) is 0 Å². The fraction of sp³-hybridized carbons (Fsp3) is 0.333. The minimum absolute atomic E-state index is 0.464. The van der Waals surface area contributed by atoms with Crippen molar-refractivity contribution in [3.63, 3.8) is 0 Å². The van der Waals surface area contributed by atoms with Crippen molar-refractivity contribution in [1.82, 2.24) is 15.0 Å². The number of halogens is 1. The summed E-state index contributed by atoms with van der Waals surface area (Å²) in [7, 11) is 0. The van der Waals surface area contributed by atoms with E-state index in [1.165, 1.54) is 6.33 Å². The summed E-state index contributed by atoms with van der Waals surface area (Å²) in [4.78, 5) is 11.0. The fourth-order valence-electron chi connectivity index (χ4n) is 1.31. The van der Waals surface area contributed by atoms with Gasteiger partial charge in [-0.15, -0.1) is 0 Å². The summed E-state index contributed by atoms with van der Waals surface area (Å²) in [5.74, 6) is 0. The highest BCUT2D eigenvalue weighted by Gasteiger charge is 2.08. The molecule has 2 aromatic rings. The summed E-state index contributed by atoms with van der Waals surface area (Å²) in [6.07, 6.45) is 3.28. The highest BCUT2D eigenvalue weighted by molar-refractivity contribution is 6.34. The maximum absolute atomic E-state index is 5.96. The Bertz CT molecular complexity index is 441. The number of ether oxygens (including phenoxy) is 1. The molecular formula is C9H10ClN3O. The summed E-state index contributed by atoms with van der Waals surface area (Å²) in [5.41, 5.74) is 1.74. The Morgan fingerprint density at radius 3 is 3.14 bits per heavy atom. The molecule has 0 aliphatic carbocycles. The van der Waals surface area contributed by atoms with Crippen LogP contribution in [0.25, 0.3) is 11.0 Å². The first-order valence-corrected chi connectivity index (χ1v) is 4.75. The molecule has 0 aromatic carbocycles. The van der Waals surface area contributed by atoms with Gasteiger partial charge in [0.2, 0.25) is 0 Å². The van der Waals surface area contributed by atoms with Crippen molar-refractivity contribution in [2.45, 2.75) is 13.5 Å². The van der Waals surface area contributed by atoms with Gasteiger partial charge in [-0.1, -0.05) is 11.6 Å². The SMILES string of the molecule is CCOCc1c[nH]c2ncnc(Cl)c12. The van der Waals surface area contributed by atoms with E-state index in [-0.39, 0.29) is 0 Å². The van der Waals surface area contributed by atoms with Gasteiger partial charge in [0.05, 0.1) is 12.0 Å². The Balaban J connectivity index is 2.45. The number of nitrogens with zero attached hydrogens (tertiary/aromatic N) is 2. The van der Waals surface area contributed by atoms with E-state index in [4.69, 9.17) is 16.3 Å². The van der Waals surface area contributed by atoms with Crippen LogP contribution in [0.4, 0.5) is 0 Å². The molecular weight excluding hydrogens is 202 g/mol. The molecule has 4 nitrogen and oxygen atoms in total. The summed E-state index contributed by atoms with van der Waals surface area (Å²) < 4.78 is 5.31. The smallest absolute Gasteiger partial charge is 0.142 e. The minimum Gasteiger partial charge on any atom is -0.377 e. The second kappa shape index (κ2) is 3.94. The molecule has 0 unspecified atom stereocenters. The van der Waals surface area contributed by atoms with Crippen LogP contribution in [0.2, 0.25) is 5.15 Å². The zero-order chi connectivity index (χ0) is 9.97. The van der Waals surface area contributed by atoms with Crippen LogP contribution >= 0.6 is 11.6 Å². The molecule has 0 aliphatic rings. The number of H-pyrrole nitrogens is 1. The van der Waals surface area contributed by atoms with Gasteiger partial charge in [0.15, 0.2) is 0 Å². The van der Waals surface area contributed by atoms with Crippen LogP contribution in [-0.2, 0) is 11.3 Å². The molecule has 0 atom stereocenters. The van der Waals surface area contributed by atoms with Crippen LogP contribution in [0.3, 0.4) is 0 Å². The maximum atomic E-state index is 5.96. The predicted molar refractivity (Wildman–Crippen MR) is 54.2 cm³/mol. The fourth-order valence-corrected chi connectivity index (χ4v) is 1.57. The maximum Gasteiger partial charge on any atom is 0.142 e. The van der Waals surface area contributed by atoms with E-state index in [9.17, 15) is 0 Å². The number of rotatable bonds is 3. The largest absolute Gasteiger partial charge is 0.377 e. The third-order valence-electron chi connectivity index (χ3n) is 1.97. The highest BCUT2D eigenvalue weighted by Crippen LogP contribution is 2.23. The Hall–Kier alpha value is -1.13. The molecule has 5 heteroatoms. The zero-order valence-corrected chi connectivity index (χ0v) is 8.51. The standard InChI is InChI=1S/C9H10ClN3O/c1-2-14-4-6-3-11-9-7(6)8(10)12-5-13-9/h3,5H,2,4H2,1H3,(H,11,12,13). The normalized spacial score (nSPS) is 11.0. The van der Waals surface area contributed by atoms with Gasteiger partial charge in [-0.25, -0.2) is 9.97 Å². The Morgan fingerprint density at radius 1 is 1.50 bits per heavy atom. The number of fused-ring (bicyclic) bond motifs is 1. The molecule has 1 N–H and O–H groups in total. The predicted octanol–water partition coefficient (Wildman–Crippen LogP) is 2.15. The van der Waals surface area contributed by atoms with Gasteiger partial charge in [-0.05, 0) is 6.92 Å². The molecule has 0 amide bonds. The van der Waals surface area contributed by atoms with Gasteiger partial charge in [0, 0.05) is 18.4 Å². The molecule has 2 rings (SSSR count). The molecule has 0 spiro atoms. The van der Waals surface area contributed by atoms with E-state index in [0.29, 0.717) is 18.4 Å².